The van der Waals surface area contributed by atoms with E-state index in [1.807, 2.05) is 0 Å². The highest BCUT2D eigenvalue weighted by molar-refractivity contribution is 5.81. The summed E-state index contributed by atoms with van der Waals surface area (Å²) in [6, 6.07) is 0. The van der Waals surface area contributed by atoms with Gasteiger partial charge in [0, 0.05) is 5.41 Å². The first-order valence-electron chi connectivity index (χ1n) is 16.9. The van der Waals surface area contributed by atoms with Crippen LogP contribution >= 0.6 is 0 Å². The van der Waals surface area contributed by atoms with Crippen LogP contribution in [0.2, 0.25) is 0 Å². The minimum Gasteiger partial charge on any atom is -0.481 e. The van der Waals surface area contributed by atoms with Gasteiger partial charge in [-0.1, -0.05) is 26.7 Å². The minimum absolute atomic E-state index is 0.0142. The van der Waals surface area contributed by atoms with Crippen molar-refractivity contribution in [2.45, 2.75) is 141 Å². The molecule has 0 aromatic heterocycles. The monoisotopic (exact) mass is 626 g/mol. The number of carboxylic acids is 2. The Kier molecular flexibility index (Phi) is 13.3. The summed E-state index contributed by atoms with van der Waals surface area (Å²) in [5.41, 5.74) is -0.159. The SMILES string of the molecule is CC(C)(COC1CCC(OOCC2CCCCC2C(=O)O)CC1)COC1CCC(OC(=O)C2CC(O)CCC2C(=O)O)CC1. The van der Waals surface area contributed by atoms with Gasteiger partial charge < -0.3 is 29.5 Å². The summed E-state index contributed by atoms with van der Waals surface area (Å²) in [5, 5.41) is 28.9. The second-order valence-electron chi connectivity index (χ2n) is 14.4. The summed E-state index contributed by atoms with van der Waals surface area (Å²) in [6.45, 7) is 5.76. The van der Waals surface area contributed by atoms with E-state index in [0.717, 1.165) is 64.2 Å². The molecule has 0 aromatic carbocycles. The van der Waals surface area contributed by atoms with Gasteiger partial charge in [-0.05, 0) is 89.4 Å². The quantitative estimate of drug-likeness (QED) is 0.137. The van der Waals surface area contributed by atoms with Gasteiger partial charge in [-0.25, -0.2) is 9.78 Å². The molecule has 0 aromatic rings. The first-order valence-corrected chi connectivity index (χ1v) is 16.9. The van der Waals surface area contributed by atoms with Crippen LogP contribution in [0.1, 0.15) is 110 Å². The van der Waals surface area contributed by atoms with Crippen LogP contribution in [-0.2, 0) is 38.4 Å². The molecular formula is C33H54O11. The Labute approximate surface area is 261 Å². The molecule has 3 N–H and O–H groups in total. The molecule has 252 valence electrons. The lowest BCUT2D eigenvalue weighted by molar-refractivity contribution is -0.338. The van der Waals surface area contributed by atoms with Crippen molar-refractivity contribution in [3.05, 3.63) is 0 Å². The van der Waals surface area contributed by atoms with Gasteiger partial charge >= 0.3 is 17.9 Å². The second-order valence-corrected chi connectivity index (χ2v) is 14.4. The van der Waals surface area contributed by atoms with E-state index in [-0.39, 0.29) is 48.1 Å². The van der Waals surface area contributed by atoms with Crippen molar-refractivity contribution in [1.29, 1.82) is 0 Å². The Morgan fingerprint density at radius 1 is 0.659 bits per heavy atom. The molecule has 4 fully saturated rings. The van der Waals surface area contributed by atoms with Gasteiger partial charge in [0.1, 0.15) is 6.10 Å². The number of carboxylic acid groups (broad SMARTS) is 2. The fraction of sp³-hybridized carbons (Fsp3) is 0.909. The average Bonchev–Trinajstić information content (AvgIpc) is 3.00. The molecule has 11 heteroatoms. The van der Waals surface area contributed by atoms with Crippen LogP contribution in [0.4, 0.5) is 0 Å². The summed E-state index contributed by atoms with van der Waals surface area (Å²) >= 11 is 0. The second kappa shape index (κ2) is 16.7. The van der Waals surface area contributed by atoms with Crippen LogP contribution in [0, 0.1) is 29.1 Å². The minimum atomic E-state index is -1.00. The maximum atomic E-state index is 12.8. The lowest BCUT2D eigenvalue weighted by atomic mass is 9.78. The summed E-state index contributed by atoms with van der Waals surface area (Å²) in [6.07, 6.45) is 10.2. The topological polar surface area (TPSA) is 158 Å². The number of carbonyl (C=O) groups excluding carboxylic acids is 1. The number of esters is 1. The van der Waals surface area contributed by atoms with Crippen molar-refractivity contribution >= 4 is 17.9 Å². The van der Waals surface area contributed by atoms with Crippen molar-refractivity contribution in [2.24, 2.45) is 29.1 Å². The summed E-state index contributed by atoms with van der Waals surface area (Å²) < 4.78 is 18.2. The molecule has 0 bridgehead atoms. The molecule has 4 aliphatic carbocycles. The molecule has 4 rings (SSSR count). The van der Waals surface area contributed by atoms with E-state index in [9.17, 15) is 29.7 Å². The Bertz CT molecular complexity index is 923. The molecule has 11 nitrogen and oxygen atoms in total. The molecule has 4 saturated carbocycles. The van der Waals surface area contributed by atoms with Gasteiger partial charge in [-0.15, -0.1) is 0 Å². The highest BCUT2D eigenvalue weighted by Crippen LogP contribution is 2.34. The zero-order valence-electron chi connectivity index (χ0n) is 26.5. The Morgan fingerprint density at radius 2 is 1.20 bits per heavy atom. The number of hydrogen-bond donors (Lipinski definition) is 3. The summed E-state index contributed by atoms with van der Waals surface area (Å²) in [4.78, 5) is 47.0. The van der Waals surface area contributed by atoms with E-state index in [2.05, 4.69) is 13.8 Å². The number of carbonyl (C=O) groups is 3. The van der Waals surface area contributed by atoms with E-state index in [4.69, 9.17) is 24.0 Å². The maximum absolute atomic E-state index is 12.8. The molecule has 0 saturated heterocycles. The Balaban J connectivity index is 1.07. The predicted octanol–water partition coefficient (Wildman–Crippen LogP) is 4.91. The fourth-order valence-corrected chi connectivity index (χ4v) is 7.25. The third-order valence-corrected chi connectivity index (χ3v) is 10.1. The maximum Gasteiger partial charge on any atom is 0.310 e. The van der Waals surface area contributed by atoms with Crippen molar-refractivity contribution in [2.75, 3.05) is 19.8 Å². The summed E-state index contributed by atoms with van der Waals surface area (Å²) in [7, 11) is 0. The van der Waals surface area contributed by atoms with Crippen LogP contribution < -0.4 is 0 Å². The Hall–Kier alpha value is -1.79. The molecule has 0 aliphatic heterocycles. The van der Waals surface area contributed by atoms with Gasteiger partial charge in [-0.2, -0.15) is 0 Å². The van der Waals surface area contributed by atoms with Crippen LogP contribution in [0.3, 0.4) is 0 Å². The molecule has 0 radical (unpaired) electrons. The molecule has 0 spiro atoms. The highest BCUT2D eigenvalue weighted by atomic mass is 17.2. The van der Waals surface area contributed by atoms with Gasteiger partial charge in [0.05, 0.1) is 62.0 Å². The predicted molar refractivity (Wildman–Crippen MR) is 158 cm³/mol. The van der Waals surface area contributed by atoms with Gasteiger partial charge in [0.2, 0.25) is 0 Å². The van der Waals surface area contributed by atoms with Crippen molar-refractivity contribution < 1.29 is 53.7 Å². The zero-order chi connectivity index (χ0) is 31.7. The largest absolute Gasteiger partial charge is 0.481 e. The first-order chi connectivity index (χ1) is 21.0. The van der Waals surface area contributed by atoms with Crippen molar-refractivity contribution in [3.63, 3.8) is 0 Å². The Morgan fingerprint density at radius 3 is 1.80 bits per heavy atom. The number of hydrogen-bond acceptors (Lipinski definition) is 9. The van der Waals surface area contributed by atoms with Crippen LogP contribution in [-0.4, -0.2) is 83.6 Å². The number of aliphatic carboxylic acids is 2. The van der Waals surface area contributed by atoms with E-state index in [1.54, 1.807) is 0 Å². The average molecular weight is 627 g/mol. The van der Waals surface area contributed by atoms with Crippen LogP contribution in [0.25, 0.3) is 0 Å². The normalized spacial score (nSPS) is 35.1. The third-order valence-electron chi connectivity index (χ3n) is 10.1. The lowest BCUT2D eigenvalue weighted by Gasteiger charge is -2.35. The van der Waals surface area contributed by atoms with E-state index < -0.39 is 35.8 Å². The standard InChI is InChI=1S/C33H54O11/c1-33(2,20-41-24-10-14-26(15-11-24)44-42-18-21-5-3-4-6-27(21)30(35)36)19-40-23-8-12-25(13-9-23)43-32(39)29-17-22(34)7-16-28(29)31(37)38/h21-29,34H,3-20H2,1-2H3,(H,35,36)(H,37,38). The van der Waals surface area contributed by atoms with E-state index >= 15 is 0 Å². The molecule has 4 aliphatic rings. The molecule has 5 atom stereocenters. The van der Waals surface area contributed by atoms with Crippen LogP contribution in [0.5, 0.6) is 0 Å². The van der Waals surface area contributed by atoms with Gasteiger partial charge in [0.15, 0.2) is 0 Å². The van der Waals surface area contributed by atoms with Crippen LogP contribution in [0.15, 0.2) is 0 Å². The lowest BCUT2D eigenvalue weighted by Crippen LogP contribution is -2.40. The third kappa shape index (κ3) is 10.6. The first kappa shape index (κ1) is 35.1. The molecule has 0 heterocycles. The van der Waals surface area contributed by atoms with Gasteiger partial charge in [-0.3, -0.25) is 14.4 Å². The fourth-order valence-electron chi connectivity index (χ4n) is 7.25. The van der Waals surface area contributed by atoms with Crippen molar-refractivity contribution in [1.82, 2.24) is 0 Å². The molecular weight excluding hydrogens is 572 g/mol. The van der Waals surface area contributed by atoms with E-state index in [0.29, 0.717) is 45.5 Å². The number of aliphatic hydroxyl groups excluding tert-OH is 1. The zero-order valence-corrected chi connectivity index (χ0v) is 26.5. The molecule has 5 unspecified atom stereocenters. The molecule has 0 amide bonds. The number of ether oxygens (including phenoxy) is 3. The van der Waals surface area contributed by atoms with Crippen molar-refractivity contribution in [3.8, 4) is 0 Å². The number of rotatable bonds is 14. The highest BCUT2D eigenvalue weighted by Gasteiger charge is 2.41. The smallest absolute Gasteiger partial charge is 0.310 e. The van der Waals surface area contributed by atoms with Gasteiger partial charge in [0.25, 0.3) is 0 Å². The molecule has 44 heavy (non-hydrogen) atoms. The van der Waals surface area contributed by atoms with E-state index in [1.165, 1.54) is 0 Å². The number of aliphatic hydroxyl groups is 1. The summed E-state index contributed by atoms with van der Waals surface area (Å²) in [5.74, 6) is -4.13.